The van der Waals surface area contributed by atoms with E-state index < -0.39 is 11.4 Å². The molecule has 14 heavy (non-hydrogen) atoms. The molecule has 0 spiro atoms. The Morgan fingerprint density at radius 2 is 2.00 bits per heavy atom. The van der Waals surface area contributed by atoms with Crippen LogP contribution in [-0.2, 0) is 9.53 Å². The van der Waals surface area contributed by atoms with E-state index in [1.54, 1.807) is 0 Å². The number of carboxylic acids is 1. The first-order valence-electron chi connectivity index (χ1n) is 5.38. The van der Waals surface area contributed by atoms with Crippen LogP contribution in [0.15, 0.2) is 0 Å². The second-order valence-electron chi connectivity index (χ2n) is 4.63. The van der Waals surface area contributed by atoms with E-state index in [1.807, 2.05) is 0 Å². The molecule has 0 unspecified atom stereocenters. The Labute approximate surface area is 85.5 Å². The molecule has 0 radical (unpaired) electrons. The minimum absolute atomic E-state index is 0.497. The Morgan fingerprint density at radius 1 is 1.43 bits per heavy atom. The van der Waals surface area contributed by atoms with Crippen LogP contribution in [0.1, 0.15) is 39.5 Å². The normalized spacial score (nSPS) is 21.1. The summed E-state index contributed by atoms with van der Waals surface area (Å²) >= 11 is 0. The fourth-order valence-electron chi connectivity index (χ4n) is 1.90. The topological polar surface area (TPSA) is 46.5 Å². The largest absolute Gasteiger partial charge is 0.481 e. The highest BCUT2D eigenvalue weighted by atomic mass is 16.5. The summed E-state index contributed by atoms with van der Waals surface area (Å²) in [6, 6.07) is 0. The van der Waals surface area contributed by atoms with Crippen LogP contribution in [0.2, 0.25) is 0 Å². The zero-order valence-electron chi connectivity index (χ0n) is 9.08. The molecule has 3 nitrogen and oxygen atoms in total. The molecule has 1 aliphatic rings. The SMILES string of the molecule is CC(C)CCC1(C(=O)O)CCOCC1. The fourth-order valence-corrected chi connectivity index (χ4v) is 1.90. The third-order valence-electron chi connectivity index (χ3n) is 3.10. The van der Waals surface area contributed by atoms with Gasteiger partial charge in [0.25, 0.3) is 0 Å². The summed E-state index contributed by atoms with van der Waals surface area (Å²) in [7, 11) is 0. The van der Waals surface area contributed by atoms with Crippen LogP contribution < -0.4 is 0 Å². The zero-order valence-corrected chi connectivity index (χ0v) is 9.08. The van der Waals surface area contributed by atoms with Crippen LogP contribution in [0.4, 0.5) is 0 Å². The quantitative estimate of drug-likeness (QED) is 0.757. The van der Waals surface area contributed by atoms with Crippen molar-refractivity contribution in [2.75, 3.05) is 13.2 Å². The molecule has 1 fully saturated rings. The lowest BCUT2D eigenvalue weighted by Gasteiger charge is -2.33. The van der Waals surface area contributed by atoms with Gasteiger partial charge in [0.05, 0.1) is 5.41 Å². The van der Waals surface area contributed by atoms with Crippen LogP contribution in [0.25, 0.3) is 0 Å². The molecule has 0 bridgehead atoms. The van der Waals surface area contributed by atoms with E-state index in [4.69, 9.17) is 4.74 Å². The maximum absolute atomic E-state index is 11.2. The molecule has 0 amide bonds. The van der Waals surface area contributed by atoms with Crippen molar-refractivity contribution < 1.29 is 14.6 Å². The van der Waals surface area contributed by atoms with E-state index in [2.05, 4.69) is 13.8 Å². The summed E-state index contributed by atoms with van der Waals surface area (Å²) in [5, 5.41) is 9.25. The van der Waals surface area contributed by atoms with Crippen LogP contribution in [0, 0.1) is 11.3 Å². The minimum Gasteiger partial charge on any atom is -0.481 e. The zero-order chi connectivity index (χ0) is 10.6. The summed E-state index contributed by atoms with van der Waals surface area (Å²) in [5.74, 6) is -0.0597. The van der Waals surface area contributed by atoms with Gasteiger partial charge in [0.15, 0.2) is 0 Å². The molecule has 1 saturated heterocycles. The highest BCUT2D eigenvalue weighted by Gasteiger charge is 2.39. The highest BCUT2D eigenvalue weighted by Crippen LogP contribution is 2.36. The first-order valence-corrected chi connectivity index (χ1v) is 5.38. The summed E-state index contributed by atoms with van der Waals surface area (Å²) in [6.07, 6.45) is 3.14. The summed E-state index contributed by atoms with van der Waals surface area (Å²) in [5.41, 5.74) is -0.497. The second-order valence-corrected chi connectivity index (χ2v) is 4.63. The first kappa shape index (κ1) is 11.5. The van der Waals surface area contributed by atoms with Gasteiger partial charge in [-0.3, -0.25) is 4.79 Å². The maximum atomic E-state index is 11.2. The van der Waals surface area contributed by atoms with Crippen LogP contribution in [-0.4, -0.2) is 24.3 Å². The molecular weight excluding hydrogens is 180 g/mol. The predicted molar refractivity (Wildman–Crippen MR) is 54.2 cm³/mol. The molecule has 1 heterocycles. The highest BCUT2D eigenvalue weighted by molar-refractivity contribution is 5.74. The van der Waals surface area contributed by atoms with Crippen molar-refractivity contribution in [3.8, 4) is 0 Å². The number of hydrogen-bond donors (Lipinski definition) is 1. The lowest BCUT2D eigenvalue weighted by atomic mass is 9.75. The van der Waals surface area contributed by atoms with Crippen molar-refractivity contribution in [2.45, 2.75) is 39.5 Å². The van der Waals surface area contributed by atoms with Gasteiger partial charge < -0.3 is 9.84 Å². The molecule has 82 valence electrons. The Bertz CT molecular complexity index is 193. The standard InChI is InChI=1S/C11H20O3/c1-9(2)3-4-11(10(12)13)5-7-14-8-6-11/h9H,3-8H2,1-2H3,(H,12,13). The molecule has 0 saturated carbocycles. The molecule has 0 aromatic heterocycles. The van der Waals surface area contributed by atoms with Gasteiger partial charge in [0.2, 0.25) is 0 Å². The Kier molecular flexibility index (Phi) is 3.93. The summed E-state index contributed by atoms with van der Waals surface area (Å²) < 4.78 is 5.22. The summed E-state index contributed by atoms with van der Waals surface area (Å²) in [6.45, 7) is 5.47. The van der Waals surface area contributed by atoms with Gasteiger partial charge in [-0.25, -0.2) is 0 Å². The second kappa shape index (κ2) is 4.78. The molecule has 0 aliphatic carbocycles. The van der Waals surface area contributed by atoms with E-state index in [0.29, 0.717) is 32.0 Å². The Balaban J connectivity index is 2.56. The van der Waals surface area contributed by atoms with E-state index in [0.717, 1.165) is 12.8 Å². The number of rotatable bonds is 4. The monoisotopic (exact) mass is 200 g/mol. The van der Waals surface area contributed by atoms with Crippen molar-refractivity contribution in [3.63, 3.8) is 0 Å². The lowest BCUT2D eigenvalue weighted by Crippen LogP contribution is -2.37. The number of carbonyl (C=O) groups is 1. The average molecular weight is 200 g/mol. The average Bonchev–Trinajstić information content (AvgIpc) is 2.16. The lowest BCUT2D eigenvalue weighted by molar-refractivity contribution is -0.155. The molecule has 0 aromatic rings. The molecule has 1 rings (SSSR count). The molecule has 0 aromatic carbocycles. The van der Waals surface area contributed by atoms with E-state index in [9.17, 15) is 9.90 Å². The summed E-state index contributed by atoms with van der Waals surface area (Å²) in [4.78, 5) is 11.2. The van der Waals surface area contributed by atoms with Crippen molar-refractivity contribution >= 4 is 5.97 Å². The number of aliphatic carboxylic acids is 1. The van der Waals surface area contributed by atoms with Gasteiger partial charge in [-0.05, 0) is 31.6 Å². The molecular formula is C11H20O3. The van der Waals surface area contributed by atoms with Crippen LogP contribution in [0.5, 0.6) is 0 Å². The van der Waals surface area contributed by atoms with Gasteiger partial charge in [-0.1, -0.05) is 13.8 Å². The van der Waals surface area contributed by atoms with Crippen LogP contribution in [0.3, 0.4) is 0 Å². The first-order chi connectivity index (χ1) is 6.57. The Hall–Kier alpha value is -0.570. The molecule has 1 N–H and O–H groups in total. The smallest absolute Gasteiger partial charge is 0.309 e. The van der Waals surface area contributed by atoms with Crippen molar-refractivity contribution in [1.82, 2.24) is 0 Å². The van der Waals surface area contributed by atoms with E-state index in [1.165, 1.54) is 0 Å². The van der Waals surface area contributed by atoms with Crippen molar-refractivity contribution in [1.29, 1.82) is 0 Å². The third kappa shape index (κ3) is 2.71. The minimum atomic E-state index is -0.638. The molecule has 3 heteroatoms. The molecule has 1 aliphatic heterocycles. The van der Waals surface area contributed by atoms with E-state index in [-0.39, 0.29) is 0 Å². The van der Waals surface area contributed by atoms with Crippen LogP contribution >= 0.6 is 0 Å². The third-order valence-corrected chi connectivity index (χ3v) is 3.10. The maximum Gasteiger partial charge on any atom is 0.309 e. The number of hydrogen-bond acceptors (Lipinski definition) is 2. The van der Waals surface area contributed by atoms with Crippen molar-refractivity contribution in [2.24, 2.45) is 11.3 Å². The molecule has 0 atom stereocenters. The van der Waals surface area contributed by atoms with Gasteiger partial charge in [0.1, 0.15) is 0 Å². The van der Waals surface area contributed by atoms with Crippen molar-refractivity contribution in [3.05, 3.63) is 0 Å². The number of carboxylic acid groups (broad SMARTS) is 1. The Morgan fingerprint density at radius 3 is 2.43 bits per heavy atom. The predicted octanol–water partition coefficient (Wildman–Crippen LogP) is 2.30. The fraction of sp³-hybridized carbons (Fsp3) is 0.909. The van der Waals surface area contributed by atoms with Gasteiger partial charge in [0, 0.05) is 13.2 Å². The van der Waals surface area contributed by atoms with Gasteiger partial charge in [-0.15, -0.1) is 0 Å². The van der Waals surface area contributed by atoms with Gasteiger partial charge in [-0.2, -0.15) is 0 Å². The van der Waals surface area contributed by atoms with Gasteiger partial charge >= 0.3 is 5.97 Å². The number of ether oxygens (including phenoxy) is 1. The van der Waals surface area contributed by atoms with E-state index >= 15 is 0 Å².